The molecule has 2 amide bonds. The molecule has 0 aromatic heterocycles. The smallest absolute Gasteiger partial charge is 0.314 e. The summed E-state index contributed by atoms with van der Waals surface area (Å²) < 4.78 is 0. The number of amides is 2. The maximum atomic E-state index is 11.9. The quantitative estimate of drug-likeness (QED) is 0.768. The van der Waals surface area contributed by atoms with Crippen LogP contribution in [0.3, 0.4) is 0 Å². The van der Waals surface area contributed by atoms with Crippen molar-refractivity contribution in [2.75, 3.05) is 13.1 Å². The lowest BCUT2D eigenvalue weighted by Crippen LogP contribution is -2.40. The van der Waals surface area contributed by atoms with Crippen molar-refractivity contribution in [3.05, 3.63) is 47.5 Å². The molecule has 2 aliphatic carbocycles. The largest absolute Gasteiger partial charge is 0.338 e. The zero-order valence-corrected chi connectivity index (χ0v) is 13.2. The third-order valence-electron chi connectivity index (χ3n) is 4.94. The highest BCUT2D eigenvalue weighted by Crippen LogP contribution is 2.47. The van der Waals surface area contributed by atoms with Crippen LogP contribution in [0, 0.1) is 0 Å². The van der Waals surface area contributed by atoms with Crippen LogP contribution in [0.1, 0.15) is 50.5 Å². The Kier molecular flexibility index (Phi) is 4.81. The monoisotopic (exact) mass is 298 g/mol. The third kappa shape index (κ3) is 3.90. The van der Waals surface area contributed by atoms with Crippen molar-refractivity contribution in [1.29, 1.82) is 0 Å². The van der Waals surface area contributed by atoms with Crippen LogP contribution < -0.4 is 10.6 Å². The van der Waals surface area contributed by atoms with E-state index in [0.717, 1.165) is 19.5 Å². The Labute approximate surface area is 133 Å². The molecule has 0 bridgehead atoms. The minimum absolute atomic E-state index is 0.0291. The first-order valence-electron chi connectivity index (χ1n) is 8.54. The van der Waals surface area contributed by atoms with E-state index in [-0.39, 0.29) is 11.4 Å². The summed E-state index contributed by atoms with van der Waals surface area (Å²) >= 11 is 0. The molecule has 22 heavy (non-hydrogen) atoms. The molecule has 1 aromatic carbocycles. The van der Waals surface area contributed by atoms with Gasteiger partial charge in [-0.3, -0.25) is 0 Å². The molecule has 0 spiro atoms. The zero-order valence-electron chi connectivity index (χ0n) is 13.2. The van der Waals surface area contributed by atoms with Crippen LogP contribution in [0.5, 0.6) is 0 Å². The molecule has 2 aliphatic rings. The molecular formula is C19H26N2O. The second kappa shape index (κ2) is 6.99. The minimum Gasteiger partial charge on any atom is -0.338 e. The summed E-state index contributed by atoms with van der Waals surface area (Å²) in [7, 11) is 0. The normalized spacial score (nSPS) is 19.2. The van der Waals surface area contributed by atoms with Gasteiger partial charge in [0.15, 0.2) is 0 Å². The van der Waals surface area contributed by atoms with Gasteiger partial charge in [0.25, 0.3) is 0 Å². The Morgan fingerprint density at radius 3 is 2.59 bits per heavy atom. The highest BCUT2D eigenvalue weighted by molar-refractivity contribution is 5.74. The van der Waals surface area contributed by atoms with Crippen molar-refractivity contribution in [1.82, 2.24) is 10.6 Å². The summed E-state index contributed by atoms with van der Waals surface area (Å²) in [5.41, 5.74) is 3.04. The highest BCUT2D eigenvalue weighted by Gasteiger charge is 2.44. The molecule has 1 fully saturated rings. The Bertz CT molecular complexity index is 532. The Hall–Kier alpha value is -1.77. The number of rotatable bonds is 6. The molecule has 0 atom stereocenters. The minimum atomic E-state index is -0.0291. The average Bonchev–Trinajstić information content (AvgIpc) is 3.36. The van der Waals surface area contributed by atoms with Gasteiger partial charge in [0.2, 0.25) is 0 Å². The maximum absolute atomic E-state index is 11.9. The number of hydrogen-bond donors (Lipinski definition) is 2. The van der Waals surface area contributed by atoms with E-state index < -0.39 is 0 Å². The maximum Gasteiger partial charge on any atom is 0.314 e. The molecule has 3 nitrogen and oxygen atoms in total. The zero-order chi connectivity index (χ0) is 15.3. The molecule has 0 saturated heterocycles. The number of nitrogens with one attached hydrogen (secondary N) is 2. The fourth-order valence-corrected chi connectivity index (χ4v) is 3.29. The molecule has 1 aromatic rings. The van der Waals surface area contributed by atoms with Crippen LogP contribution in [-0.4, -0.2) is 19.1 Å². The first kappa shape index (κ1) is 15.1. The van der Waals surface area contributed by atoms with Gasteiger partial charge in [-0.05, 0) is 50.5 Å². The highest BCUT2D eigenvalue weighted by atomic mass is 16.2. The van der Waals surface area contributed by atoms with Crippen LogP contribution in [-0.2, 0) is 5.41 Å². The second-order valence-electron chi connectivity index (χ2n) is 6.61. The van der Waals surface area contributed by atoms with E-state index in [1.54, 1.807) is 0 Å². The van der Waals surface area contributed by atoms with Gasteiger partial charge in [-0.25, -0.2) is 4.79 Å². The second-order valence-corrected chi connectivity index (χ2v) is 6.61. The van der Waals surface area contributed by atoms with E-state index in [4.69, 9.17) is 0 Å². The molecule has 118 valence electrons. The van der Waals surface area contributed by atoms with Gasteiger partial charge < -0.3 is 10.6 Å². The van der Waals surface area contributed by atoms with Gasteiger partial charge in [0.1, 0.15) is 0 Å². The molecular weight excluding hydrogens is 272 g/mol. The number of carbonyl (C=O) groups is 1. The number of carbonyl (C=O) groups excluding carboxylic acids is 1. The van der Waals surface area contributed by atoms with Crippen molar-refractivity contribution in [2.24, 2.45) is 0 Å². The summed E-state index contributed by atoms with van der Waals surface area (Å²) in [6.45, 7) is 1.49. The van der Waals surface area contributed by atoms with Crippen molar-refractivity contribution >= 4 is 6.03 Å². The summed E-state index contributed by atoms with van der Waals surface area (Å²) in [6, 6.07) is 10.5. The lowest BCUT2D eigenvalue weighted by Gasteiger charge is -2.17. The van der Waals surface area contributed by atoms with Gasteiger partial charge in [-0.1, -0.05) is 42.0 Å². The summed E-state index contributed by atoms with van der Waals surface area (Å²) in [4.78, 5) is 11.9. The molecule has 3 heteroatoms. The van der Waals surface area contributed by atoms with E-state index in [9.17, 15) is 4.79 Å². The molecule has 0 unspecified atom stereocenters. The topological polar surface area (TPSA) is 41.1 Å². The first-order chi connectivity index (χ1) is 10.8. The van der Waals surface area contributed by atoms with Gasteiger partial charge >= 0.3 is 6.03 Å². The lowest BCUT2D eigenvalue weighted by atomic mass is 9.96. The van der Waals surface area contributed by atoms with Crippen LogP contribution in [0.15, 0.2) is 42.0 Å². The van der Waals surface area contributed by atoms with Crippen molar-refractivity contribution < 1.29 is 4.79 Å². The van der Waals surface area contributed by atoms with Gasteiger partial charge in [-0.15, -0.1) is 0 Å². The molecule has 0 heterocycles. The van der Waals surface area contributed by atoms with Gasteiger partial charge in [-0.2, -0.15) is 0 Å². The summed E-state index contributed by atoms with van der Waals surface area (Å²) in [5, 5.41) is 6.04. The van der Waals surface area contributed by atoms with E-state index in [1.165, 1.54) is 49.7 Å². The summed E-state index contributed by atoms with van der Waals surface area (Å²) in [5.74, 6) is 0. The van der Waals surface area contributed by atoms with Crippen LogP contribution in [0.25, 0.3) is 0 Å². The average molecular weight is 298 g/mol. The van der Waals surface area contributed by atoms with Crippen molar-refractivity contribution in [3.8, 4) is 0 Å². The van der Waals surface area contributed by atoms with E-state index in [2.05, 4.69) is 41.0 Å². The number of hydrogen-bond acceptors (Lipinski definition) is 1. The van der Waals surface area contributed by atoms with Crippen LogP contribution in [0.4, 0.5) is 4.79 Å². The van der Waals surface area contributed by atoms with Crippen molar-refractivity contribution in [2.45, 2.75) is 50.4 Å². The number of allylic oxidation sites excluding steroid dienone is 1. The van der Waals surface area contributed by atoms with Gasteiger partial charge in [0.05, 0.1) is 0 Å². The Morgan fingerprint density at radius 2 is 1.91 bits per heavy atom. The molecule has 0 aliphatic heterocycles. The van der Waals surface area contributed by atoms with E-state index in [1.807, 2.05) is 6.07 Å². The molecule has 0 radical (unpaired) electrons. The fraction of sp³-hybridized carbons (Fsp3) is 0.526. The van der Waals surface area contributed by atoms with Gasteiger partial charge in [0, 0.05) is 18.5 Å². The molecule has 2 N–H and O–H groups in total. The summed E-state index contributed by atoms with van der Waals surface area (Å²) in [6.07, 6.45) is 10.7. The fourth-order valence-electron chi connectivity index (χ4n) is 3.29. The predicted molar refractivity (Wildman–Crippen MR) is 89.9 cm³/mol. The SMILES string of the molecule is O=C(NCCC1=CCCCC1)NCC1(c2ccccc2)CC1. The van der Waals surface area contributed by atoms with Crippen molar-refractivity contribution in [3.63, 3.8) is 0 Å². The third-order valence-corrected chi connectivity index (χ3v) is 4.94. The number of urea groups is 1. The van der Waals surface area contributed by atoms with Crippen LogP contribution >= 0.6 is 0 Å². The molecule has 3 rings (SSSR count). The standard InChI is InChI=1S/C19H26N2O/c22-18(20-14-11-16-7-3-1-4-8-16)21-15-19(12-13-19)17-9-5-2-6-10-17/h2,5-7,9-10H,1,3-4,8,11-15H2,(H2,20,21,22). The number of benzene rings is 1. The Balaban J connectivity index is 1.38. The van der Waals surface area contributed by atoms with Crippen LogP contribution in [0.2, 0.25) is 0 Å². The van der Waals surface area contributed by atoms with E-state index >= 15 is 0 Å². The van der Waals surface area contributed by atoms with E-state index in [0.29, 0.717) is 0 Å². The molecule has 1 saturated carbocycles. The first-order valence-corrected chi connectivity index (χ1v) is 8.54. The Morgan fingerprint density at radius 1 is 1.09 bits per heavy atom. The lowest BCUT2D eigenvalue weighted by molar-refractivity contribution is 0.240. The predicted octanol–water partition coefficient (Wildman–Crippen LogP) is 3.91.